The van der Waals surface area contributed by atoms with Gasteiger partial charge in [-0.3, -0.25) is 4.79 Å². The van der Waals surface area contributed by atoms with E-state index in [4.69, 9.17) is 0 Å². The predicted octanol–water partition coefficient (Wildman–Crippen LogP) is 3.57. The molecule has 0 radical (unpaired) electrons. The van der Waals surface area contributed by atoms with Gasteiger partial charge < -0.3 is 0 Å². The molecule has 0 aromatic heterocycles. The van der Waals surface area contributed by atoms with Gasteiger partial charge in [0, 0.05) is 4.90 Å². The summed E-state index contributed by atoms with van der Waals surface area (Å²) in [7, 11) is 0. The summed E-state index contributed by atoms with van der Waals surface area (Å²) in [6, 6.07) is 8.10. The fraction of sp³-hybridized carbons (Fsp3) is 0.154. The molecule has 0 fully saturated rings. The molecular formula is C13H14OS. The van der Waals surface area contributed by atoms with Crippen LogP contribution in [0, 0.1) is 0 Å². The van der Waals surface area contributed by atoms with Gasteiger partial charge in [-0.2, -0.15) is 0 Å². The van der Waals surface area contributed by atoms with Crippen molar-refractivity contribution < 1.29 is 4.79 Å². The molecule has 1 aromatic carbocycles. The van der Waals surface area contributed by atoms with Gasteiger partial charge in [-0.05, 0) is 43.0 Å². The van der Waals surface area contributed by atoms with Crippen LogP contribution in [-0.4, -0.2) is 12.0 Å². The molecule has 0 aliphatic rings. The van der Waals surface area contributed by atoms with Crippen molar-refractivity contribution in [2.24, 2.45) is 0 Å². The number of allylic oxidation sites excluding steroid dienone is 3. The van der Waals surface area contributed by atoms with Crippen LogP contribution in [0.3, 0.4) is 0 Å². The Hall–Kier alpha value is -1.28. The molecule has 15 heavy (non-hydrogen) atoms. The van der Waals surface area contributed by atoms with Crippen LogP contribution in [0.4, 0.5) is 0 Å². The lowest BCUT2D eigenvalue weighted by Crippen LogP contribution is -1.83. The highest BCUT2D eigenvalue weighted by atomic mass is 32.2. The highest BCUT2D eigenvalue weighted by Gasteiger charge is 1.91. The second kappa shape index (κ2) is 6.25. The van der Waals surface area contributed by atoms with Gasteiger partial charge >= 0.3 is 0 Å². The third kappa shape index (κ3) is 4.17. The monoisotopic (exact) mass is 218 g/mol. The average Bonchev–Trinajstić information content (AvgIpc) is 2.27. The van der Waals surface area contributed by atoms with Crippen LogP contribution in [0.2, 0.25) is 0 Å². The van der Waals surface area contributed by atoms with Gasteiger partial charge in [-0.25, -0.2) is 0 Å². The summed E-state index contributed by atoms with van der Waals surface area (Å²) in [4.78, 5) is 12.4. The van der Waals surface area contributed by atoms with Gasteiger partial charge in [0.15, 0.2) is 5.78 Å². The number of ketones is 1. The molecule has 2 heteroatoms. The second-order valence-corrected chi connectivity index (χ2v) is 3.89. The summed E-state index contributed by atoms with van der Waals surface area (Å²) in [6.45, 7) is 1.83. The van der Waals surface area contributed by atoms with E-state index < -0.39 is 0 Å². The topological polar surface area (TPSA) is 17.1 Å². The maximum atomic E-state index is 11.2. The van der Waals surface area contributed by atoms with Crippen molar-refractivity contribution in [2.75, 3.05) is 6.26 Å². The summed E-state index contributed by atoms with van der Waals surface area (Å²) < 4.78 is 0. The van der Waals surface area contributed by atoms with Crippen molar-refractivity contribution in [3.05, 3.63) is 48.1 Å². The lowest BCUT2D eigenvalue weighted by atomic mass is 10.2. The smallest absolute Gasteiger partial charge is 0.178 e. The van der Waals surface area contributed by atoms with Crippen molar-refractivity contribution in [3.63, 3.8) is 0 Å². The minimum absolute atomic E-state index is 0.0199. The zero-order valence-electron chi connectivity index (χ0n) is 8.94. The van der Waals surface area contributed by atoms with Crippen LogP contribution >= 0.6 is 11.8 Å². The number of hydrogen-bond donors (Lipinski definition) is 0. The van der Waals surface area contributed by atoms with Gasteiger partial charge in [0.05, 0.1) is 0 Å². The number of hydrogen-bond acceptors (Lipinski definition) is 2. The van der Waals surface area contributed by atoms with Gasteiger partial charge in [0.25, 0.3) is 0 Å². The molecule has 78 valence electrons. The van der Waals surface area contributed by atoms with Crippen molar-refractivity contribution in [1.82, 2.24) is 0 Å². The van der Waals surface area contributed by atoms with Gasteiger partial charge in [-0.1, -0.05) is 24.3 Å². The Bertz CT molecular complexity index is 374. The minimum Gasteiger partial charge on any atom is -0.290 e. The van der Waals surface area contributed by atoms with Crippen LogP contribution in [-0.2, 0) is 4.79 Å². The molecular weight excluding hydrogens is 204 g/mol. The predicted molar refractivity (Wildman–Crippen MR) is 67.1 cm³/mol. The molecule has 0 saturated carbocycles. The third-order valence-corrected chi connectivity index (χ3v) is 2.63. The van der Waals surface area contributed by atoms with Gasteiger partial charge in [-0.15, -0.1) is 11.8 Å². The molecule has 0 unspecified atom stereocenters. The molecule has 0 atom stereocenters. The Balaban J connectivity index is 2.68. The second-order valence-electron chi connectivity index (χ2n) is 3.01. The summed E-state index contributed by atoms with van der Waals surface area (Å²) in [5.41, 5.74) is 1.05. The van der Waals surface area contributed by atoms with Crippen LogP contribution in [0.1, 0.15) is 12.5 Å². The summed E-state index contributed by atoms with van der Waals surface area (Å²) >= 11 is 1.71. The van der Waals surface area contributed by atoms with E-state index in [0.717, 1.165) is 5.56 Å². The normalized spacial score (nSPS) is 11.3. The standard InChI is InChI=1S/C13H14OS/c1-3-4-12(14)8-5-11-6-9-13(15-2)10-7-11/h3-10H,1-2H3. The van der Waals surface area contributed by atoms with Crippen LogP contribution in [0.5, 0.6) is 0 Å². The minimum atomic E-state index is 0.0199. The first-order valence-electron chi connectivity index (χ1n) is 4.75. The van der Waals surface area contributed by atoms with Gasteiger partial charge in [0.2, 0.25) is 0 Å². The molecule has 1 nitrogen and oxygen atoms in total. The lowest BCUT2D eigenvalue weighted by molar-refractivity contribution is -0.110. The Labute approximate surface area is 94.9 Å². The van der Waals surface area contributed by atoms with E-state index in [1.807, 2.05) is 43.5 Å². The van der Waals surface area contributed by atoms with E-state index in [0.29, 0.717) is 0 Å². The first kappa shape index (κ1) is 11.8. The zero-order valence-corrected chi connectivity index (χ0v) is 9.75. The average molecular weight is 218 g/mol. The Kier molecular flexibility index (Phi) is 4.91. The number of rotatable bonds is 4. The molecule has 0 amide bonds. The number of carbonyl (C=O) groups excluding carboxylic acids is 1. The molecule has 0 heterocycles. The molecule has 0 aliphatic carbocycles. The van der Waals surface area contributed by atoms with Crippen molar-refractivity contribution >= 4 is 23.6 Å². The molecule has 0 saturated heterocycles. The largest absolute Gasteiger partial charge is 0.290 e. The number of thioether (sulfide) groups is 1. The molecule has 0 spiro atoms. The molecule has 0 bridgehead atoms. The van der Waals surface area contributed by atoms with Crippen molar-refractivity contribution in [1.29, 1.82) is 0 Å². The summed E-state index contributed by atoms with van der Waals surface area (Å²) in [5.74, 6) is 0.0199. The van der Waals surface area contributed by atoms with Crippen molar-refractivity contribution in [2.45, 2.75) is 11.8 Å². The molecule has 0 N–H and O–H groups in total. The third-order valence-electron chi connectivity index (χ3n) is 1.89. The highest BCUT2D eigenvalue weighted by Crippen LogP contribution is 2.15. The SMILES string of the molecule is CC=CC(=O)C=Cc1ccc(SC)cc1. The Morgan fingerprint density at radius 3 is 2.40 bits per heavy atom. The van der Waals surface area contributed by atoms with E-state index in [1.54, 1.807) is 30.0 Å². The Morgan fingerprint density at radius 1 is 1.20 bits per heavy atom. The summed E-state index contributed by atoms with van der Waals surface area (Å²) in [5, 5.41) is 0. The van der Waals surface area contributed by atoms with E-state index in [1.165, 1.54) is 4.90 Å². The first-order valence-corrected chi connectivity index (χ1v) is 5.97. The summed E-state index contributed by atoms with van der Waals surface area (Å²) in [6.07, 6.45) is 8.73. The molecule has 1 rings (SSSR count). The molecule has 0 aliphatic heterocycles. The Morgan fingerprint density at radius 2 is 1.87 bits per heavy atom. The zero-order chi connectivity index (χ0) is 11.1. The fourth-order valence-corrected chi connectivity index (χ4v) is 1.52. The van der Waals surface area contributed by atoms with E-state index >= 15 is 0 Å². The van der Waals surface area contributed by atoms with E-state index in [-0.39, 0.29) is 5.78 Å². The lowest BCUT2D eigenvalue weighted by Gasteiger charge is -1.96. The number of benzene rings is 1. The highest BCUT2D eigenvalue weighted by molar-refractivity contribution is 7.98. The van der Waals surface area contributed by atoms with Crippen LogP contribution < -0.4 is 0 Å². The van der Waals surface area contributed by atoms with E-state index in [9.17, 15) is 4.79 Å². The van der Waals surface area contributed by atoms with Crippen molar-refractivity contribution in [3.8, 4) is 0 Å². The maximum Gasteiger partial charge on any atom is 0.178 e. The van der Waals surface area contributed by atoms with Crippen LogP contribution in [0.25, 0.3) is 6.08 Å². The molecule has 1 aromatic rings. The van der Waals surface area contributed by atoms with Crippen LogP contribution in [0.15, 0.2) is 47.4 Å². The maximum absolute atomic E-state index is 11.2. The quantitative estimate of drug-likeness (QED) is 0.567. The number of carbonyl (C=O) groups is 1. The van der Waals surface area contributed by atoms with E-state index in [2.05, 4.69) is 0 Å². The van der Waals surface area contributed by atoms with Gasteiger partial charge in [0.1, 0.15) is 0 Å². The fourth-order valence-electron chi connectivity index (χ4n) is 1.11. The first-order chi connectivity index (χ1) is 7.26.